The number of hydrogen-bond donors (Lipinski definition) is 0. The minimum absolute atomic E-state index is 1.30. The Kier molecular flexibility index (Phi) is 0.624. The third-order valence-electron chi connectivity index (χ3n) is 0.251. The minimum Gasteiger partial charge on any atom is -0.427 e. The first-order valence-electron chi connectivity index (χ1n) is 1.12. The van der Waals surface area contributed by atoms with Crippen molar-refractivity contribution in [2.75, 3.05) is 0 Å². The van der Waals surface area contributed by atoms with Gasteiger partial charge in [0.05, 0.1) is 0 Å². The van der Waals surface area contributed by atoms with Crippen molar-refractivity contribution in [3.63, 3.8) is 0 Å². The van der Waals surface area contributed by atoms with Gasteiger partial charge in [0.15, 0.2) is 0 Å². The highest BCUT2D eigenvalue weighted by atomic mass is 32.1. The molecule has 5 heavy (non-hydrogen) atoms. The van der Waals surface area contributed by atoms with Crippen LogP contribution in [0.1, 0.15) is 0 Å². The molecule has 0 radical (unpaired) electrons. The standard InChI is InChI=1S/C2HN2S/c1-3-2-5-4-1/h2H/q-1. The van der Waals surface area contributed by atoms with E-state index in [1.807, 2.05) is 0 Å². The van der Waals surface area contributed by atoms with Crippen LogP contribution in [0.3, 0.4) is 0 Å². The molecule has 0 unspecified atom stereocenters. The lowest BCUT2D eigenvalue weighted by Crippen LogP contribution is -1.45. The summed E-state index contributed by atoms with van der Waals surface area (Å²) in [6.07, 6.45) is 2.38. The van der Waals surface area contributed by atoms with Gasteiger partial charge in [-0.2, -0.15) is 0 Å². The Morgan fingerprint density at radius 2 is 2.80 bits per heavy atom. The molecule has 0 saturated carbocycles. The van der Waals surface area contributed by atoms with Crippen molar-refractivity contribution < 1.29 is 0 Å². The molecule has 0 atom stereocenters. The summed E-state index contributed by atoms with van der Waals surface area (Å²) in [7, 11) is 0. The molecule has 1 aromatic rings. The van der Waals surface area contributed by atoms with Gasteiger partial charge in [-0.25, -0.2) is 0 Å². The largest absolute Gasteiger partial charge is 0.427 e. The van der Waals surface area contributed by atoms with E-state index in [0.29, 0.717) is 0 Å². The van der Waals surface area contributed by atoms with Crippen LogP contribution in [-0.2, 0) is 0 Å². The van der Waals surface area contributed by atoms with Crippen LogP contribution in [-0.4, -0.2) is 9.36 Å². The Balaban J connectivity index is 3.13. The quantitative estimate of drug-likeness (QED) is 0.424. The van der Waals surface area contributed by atoms with Gasteiger partial charge >= 0.3 is 0 Å². The third-order valence-corrected chi connectivity index (χ3v) is 0.638. The summed E-state index contributed by atoms with van der Waals surface area (Å²) >= 11 is 1.30. The summed E-state index contributed by atoms with van der Waals surface area (Å²) in [5, 5.41) is 0. The Labute approximate surface area is 33.7 Å². The lowest BCUT2D eigenvalue weighted by atomic mass is 11.4. The maximum Gasteiger partial charge on any atom is -0.0323 e. The van der Waals surface area contributed by atoms with Crippen molar-refractivity contribution in [1.82, 2.24) is 9.36 Å². The first-order valence-corrected chi connectivity index (χ1v) is 1.96. The second kappa shape index (κ2) is 1.12. The first kappa shape index (κ1) is 2.78. The molecule has 26 valence electrons. The lowest BCUT2D eigenvalue weighted by molar-refractivity contribution is 1.31. The van der Waals surface area contributed by atoms with Gasteiger partial charge in [0, 0.05) is 0 Å². The van der Waals surface area contributed by atoms with Crippen LogP contribution in [0.25, 0.3) is 0 Å². The molecule has 0 amide bonds. The first-order chi connectivity index (χ1) is 2.50. The van der Waals surface area contributed by atoms with Crippen LogP contribution in [0.4, 0.5) is 0 Å². The topological polar surface area (TPSA) is 25.8 Å². The Morgan fingerprint density at radius 1 is 1.80 bits per heavy atom. The van der Waals surface area contributed by atoms with E-state index in [-0.39, 0.29) is 0 Å². The zero-order chi connectivity index (χ0) is 3.54. The van der Waals surface area contributed by atoms with Crippen LogP contribution in [0.2, 0.25) is 0 Å². The van der Waals surface area contributed by atoms with E-state index in [1.165, 1.54) is 11.5 Å². The summed E-state index contributed by atoms with van der Waals surface area (Å²) < 4.78 is 3.53. The molecule has 0 N–H and O–H groups in total. The molecule has 0 fully saturated rings. The molecule has 1 aromatic heterocycles. The molecule has 3 heteroatoms. The van der Waals surface area contributed by atoms with Gasteiger partial charge in [-0.15, -0.1) is 11.5 Å². The molecule has 0 aliphatic rings. The highest BCUT2D eigenvalue weighted by molar-refractivity contribution is 7.03. The van der Waals surface area contributed by atoms with E-state index in [1.54, 1.807) is 5.51 Å². The SMILES string of the molecule is [c-]1ncsn1. The minimum atomic E-state index is 1.30. The van der Waals surface area contributed by atoms with E-state index in [2.05, 4.69) is 15.7 Å². The highest BCUT2D eigenvalue weighted by Gasteiger charge is 1.45. The Hall–Kier alpha value is -0.440. The van der Waals surface area contributed by atoms with Crippen molar-refractivity contribution >= 4 is 11.5 Å². The monoisotopic (exact) mass is 85.0 g/mol. The average molecular weight is 85.1 g/mol. The van der Waals surface area contributed by atoms with Crippen LogP contribution >= 0.6 is 11.5 Å². The van der Waals surface area contributed by atoms with E-state index in [9.17, 15) is 0 Å². The number of hydrogen-bond acceptors (Lipinski definition) is 3. The van der Waals surface area contributed by atoms with Gasteiger partial charge < -0.3 is 9.36 Å². The van der Waals surface area contributed by atoms with Crippen molar-refractivity contribution in [2.24, 2.45) is 0 Å². The van der Waals surface area contributed by atoms with Crippen molar-refractivity contribution in [3.05, 3.63) is 11.8 Å². The summed E-state index contributed by atoms with van der Waals surface area (Å²) in [5.74, 6) is 0. The second-order valence-electron chi connectivity index (χ2n) is 0.531. The second-order valence-corrected chi connectivity index (χ2v) is 1.14. The molecule has 2 nitrogen and oxygen atoms in total. The predicted octanol–water partition coefficient (Wildman–Crippen LogP) is 0.338. The smallest absolute Gasteiger partial charge is 0.0323 e. The fourth-order valence-electron chi connectivity index (χ4n) is 0.118. The molecule has 0 spiro atoms. The molecule has 0 aliphatic carbocycles. The zero-order valence-corrected chi connectivity index (χ0v) is 3.20. The normalized spacial score (nSPS) is 8.00. The molecule has 0 saturated heterocycles. The number of rotatable bonds is 0. The van der Waals surface area contributed by atoms with E-state index < -0.39 is 0 Å². The molecular formula is C2HN2S-. The molecule has 1 heterocycles. The van der Waals surface area contributed by atoms with Crippen LogP contribution in [0.15, 0.2) is 5.51 Å². The van der Waals surface area contributed by atoms with Crippen molar-refractivity contribution in [3.8, 4) is 0 Å². The maximum atomic E-state index is 3.53. The van der Waals surface area contributed by atoms with Gasteiger partial charge in [-0.3, -0.25) is 0 Å². The summed E-state index contributed by atoms with van der Waals surface area (Å²) in [5.41, 5.74) is 1.62. The molecule has 0 aromatic carbocycles. The Morgan fingerprint density at radius 3 is 3.00 bits per heavy atom. The average Bonchev–Trinajstić information content (AvgIpc) is 1.76. The third kappa shape index (κ3) is 0.417. The summed E-state index contributed by atoms with van der Waals surface area (Å²) in [4.78, 5) is 3.50. The zero-order valence-electron chi connectivity index (χ0n) is 2.38. The fraction of sp³-hybridized carbons (Fsp3) is 0. The summed E-state index contributed by atoms with van der Waals surface area (Å²) in [6.45, 7) is 0. The lowest BCUT2D eigenvalue weighted by Gasteiger charge is -1.55. The van der Waals surface area contributed by atoms with Gasteiger partial charge in [0.1, 0.15) is 0 Å². The van der Waals surface area contributed by atoms with E-state index in [0.717, 1.165) is 0 Å². The van der Waals surface area contributed by atoms with Crippen molar-refractivity contribution in [1.29, 1.82) is 0 Å². The van der Waals surface area contributed by atoms with Crippen LogP contribution in [0.5, 0.6) is 0 Å². The van der Waals surface area contributed by atoms with Crippen LogP contribution in [0, 0.1) is 6.33 Å². The van der Waals surface area contributed by atoms with Gasteiger partial charge in [-0.1, -0.05) is 5.51 Å². The molecule has 0 aliphatic heterocycles. The van der Waals surface area contributed by atoms with E-state index >= 15 is 0 Å². The number of nitrogens with zero attached hydrogens (tertiary/aromatic N) is 2. The van der Waals surface area contributed by atoms with Crippen molar-refractivity contribution in [2.45, 2.75) is 0 Å². The van der Waals surface area contributed by atoms with Gasteiger partial charge in [0.25, 0.3) is 0 Å². The summed E-state index contributed by atoms with van der Waals surface area (Å²) in [6, 6.07) is 0. The fourth-order valence-corrected chi connectivity index (χ4v) is 0.354. The predicted molar refractivity (Wildman–Crippen MR) is 18.7 cm³/mol. The molecule has 1 rings (SSSR count). The van der Waals surface area contributed by atoms with Gasteiger partial charge in [-0.05, 0) is 6.33 Å². The van der Waals surface area contributed by atoms with Crippen LogP contribution < -0.4 is 0 Å². The molecular weight excluding hydrogens is 84.1 g/mol. The molecule has 0 bridgehead atoms. The van der Waals surface area contributed by atoms with Gasteiger partial charge in [0.2, 0.25) is 0 Å². The highest BCUT2D eigenvalue weighted by Crippen LogP contribution is 1.76. The Bertz CT molecular complexity index is 64.1. The van der Waals surface area contributed by atoms with E-state index in [4.69, 9.17) is 0 Å². The number of aromatic nitrogens is 2. The maximum absolute atomic E-state index is 3.53.